The Labute approximate surface area is 189 Å². The number of carbonyl (C=O) groups excluding carboxylic acids is 2. The minimum absolute atomic E-state index is 0.0167. The fraction of sp³-hybridized carbons (Fsp3) is 0.480. The number of piperazine rings is 1. The molecule has 1 saturated carbocycles. The van der Waals surface area contributed by atoms with Gasteiger partial charge in [-0.05, 0) is 42.7 Å². The van der Waals surface area contributed by atoms with E-state index >= 15 is 0 Å². The zero-order chi connectivity index (χ0) is 22.2. The molecule has 7 heteroatoms. The van der Waals surface area contributed by atoms with Crippen LogP contribution in [0.2, 0.25) is 0 Å². The first-order chi connectivity index (χ1) is 15.7. The van der Waals surface area contributed by atoms with Crippen molar-refractivity contribution in [2.45, 2.75) is 38.5 Å². The van der Waals surface area contributed by atoms with Gasteiger partial charge in [0.15, 0.2) is 0 Å². The molecule has 0 atom stereocenters. The maximum atomic E-state index is 13.0. The quantitative estimate of drug-likeness (QED) is 0.727. The average Bonchev–Trinajstić information content (AvgIpc) is 2.85. The summed E-state index contributed by atoms with van der Waals surface area (Å²) in [6.07, 6.45) is 11.0. The minimum atomic E-state index is -0.156. The van der Waals surface area contributed by atoms with E-state index < -0.39 is 0 Å². The lowest BCUT2D eigenvalue weighted by Crippen LogP contribution is -2.51. The van der Waals surface area contributed by atoms with Crippen molar-refractivity contribution < 1.29 is 14.3 Å². The molecule has 1 aromatic carbocycles. The first kappa shape index (κ1) is 22.1. The van der Waals surface area contributed by atoms with Crippen LogP contribution in [0, 0.1) is 5.92 Å². The molecule has 32 heavy (non-hydrogen) atoms. The molecule has 1 aliphatic heterocycles. The number of rotatable bonds is 6. The molecule has 2 aromatic rings. The number of hydrogen-bond donors (Lipinski definition) is 1. The van der Waals surface area contributed by atoms with Crippen molar-refractivity contribution in [2.75, 3.05) is 38.1 Å². The van der Waals surface area contributed by atoms with Crippen molar-refractivity contribution in [3.8, 4) is 5.75 Å². The van der Waals surface area contributed by atoms with E-state index in [1.165, 1.54) is 32.1 Å². The van der Waals surface area contributed by atoms with Gasteiger partial charge in [0.2, 0.25) is 0 Å². The monoisotopic (exact) mass is 436 g/mol. The van der Waals surface area contributed by atoms with Gasteiger partial charge in [0.05, 0.1) is 6.61 Å². The molecular weight excluding hydrogens is 404 g/mol. The topological polar surface area (TPSA) is 74.8 Å². The van der Waals surface area contributed by atoms with Gasteiger partial charge >= 0.3 is 6.03 Å². The summed E-state index contributed by atoms with van der Waals surface area (Å²) in [7, 11) is 0. The van der Waals surface area contributed by atoms with Crippen molar-refractivity contribution in [3.05, 3.63) is 54.4 Å². The van der Waals surface area contributed by atoms with Crippen molar-refractivity contribution >= 4 is 17.6 Å². The van der Waals surface area contributed by atoms with Gasteiger partial charge in [0.25, 0.3) is 5.91 Å². The Kier molecular flexibility index (Phi) is 7.59. The molecule has 1 saturated heterocycles. The molecule has 7 nitrogen and oxygen atoms in total. The number of carbonyl (C=O) groups is 2. The number of urea groups is 1. The molecule has 0 spiro atoms. The van der Waals surface area contributed by atoms with E-state index in [9.17, 15) is 9.59 Å². The van der Waals surface area contributed by atoms with Gasteiger partial charge in [0, 0.05) is 49.8 Å². The Hall–Kier alpha value is -3.09. The van der Waals surface area contributed by atoms with Gasteiger partial charge in [0.1, 0.15) is 5.75 Å². The van der Waals surface area contributed by atoms with Crippen molar-refractivity contribution in [1.82, 2.24) is 14.8 Å². The highest BCUT2D eigenvalue weighted by atomic mass is 16.5. The number of pyridine rings is 1. The van der Waals surface area contributed by atoms with Crippen LogP contribution in [-0.2, 0) is 0 Å². The van der Waals surface area contributed by atoms with Crippen LogP contribution in [0.4, 0.5) is 10.5 Å². The highest BCUT2D eigenvalue weighted by Crippen LogP contribution is 2.26. The lowest BCUT2D eigenvalue weighted by molar-refractivity contribution is 0.0671. The third-order valence-corrected chi connectivity index (χ3v) is 6.39. The number of nitrogens with one attached hydrogen (secondary N) is 1. The highest BCUT2D eigenvalue weighted by Gasteiger charge is 2.25. The van der Waals surface area contributed by atoms with E-state index in [0.29, 0.717) is 44.0 Å². The van der Waals surface area contributed by atoms with Crippen LogP contribution in [-0.4, -0.2) is 59.5 Å². The molecule has 3 amide bonds. The number of anilines is 1. The number of benzene rings is 1. The fourth-order valence-corrected chi connectivity index (χ4v) is 4.47. The van der Waals surface area contributed by atoms with Crippen molar-refractivity contribution in [2.24, 2.45) is 5.92 Å². The lowest BCUT2D eigenvalue weighted by atomic mass is 9.87. The van der Waals surface area contributed by atoms with Crippen LogP contribution < -0.4 is 10.1 Å². The first-order valence-corrected chi connectivity index (χ1v) is 11.7. The Morgan fingerprint density at radius 2 is 1.69 bits per heavy atom. The van der Waals surface area contributed by atoms with E-state index in [4.69, 9.17) is 4.74 Å². The summed E-state index contributed by atoms with van der Waals surface area (Å²) in [5.74, 6) is 1.51. The highest BCUT2D eigenvalue weighted by molar-refractivity contribution is 5.95. The number of aromatic nitrogens is 1. The second-order valence-electron chi connectivity index (χ2n) is 8.61. The van der Waals surface area contributed by atoms with Crippen molar-refractivity contribution in [3.63, 3.8) is 0 Å². The molecule has 2 aliphatic rings. The van der Waals surface area contributed by atoms with E-state index in [1.54, 1.807) is 34.3 Å². The third kappa shape index (κ3) is 5.99. The molecule has 0 bridgehead atoms. The molecular formula is C25H32N4O3. The number of ether oxygens (including phenoxy) is 1. The summed E-state index contributed by atoms with van der Waals surface area (Å²) in [5.41, 5.74) is 1.35. The molecule has 2 fully saturated rings. The van der Waals surface area contributed by atoms with Crippen LogP contribution in [0.3, 0.4) is 0 Å². The van der Waals surface area contributed by atoms with Crippen LogP contribution >= 0.6 is 0 Å². The predicted octanol–water partition coefficient (Wildman–Crippen LogP) is 4.42. The summed E-state index contributed by atoms with van der Waals surface area (Å²) < 4.78 is 5.96. The Morgan fingerprint density at radius 3 is 2.44 bits per heavy atom. The Morgan fingerprint density at radius 1 is 0.969 bits per heavy atom. The van der Waals surface area contributed by atoms with Gasteiger partial charge in [-0.3, -0.25) is 9.78 Å². The van der Waals surface area contributed by atoms with Crippen LogP contribution in [0.15, 0.2) is 48.8 Å². The molecule has 1 aliphatic carbocycles. The van der Waals surface area contributed by atoms with E-state index in [0.717, 1.165) is 18.1 Å². The van der Waals surface area contributed by atoms with Gasteiger partial charge < -0.3 is 19.9 Å². The Bertz CT molecular complexity index is 891. The lowest BCUT2D eigenvalue weighted by Gasteiger charge is -2.34. The molecule has 0 radical (unpaired) electrons. The maximum Gasteiger partial charge on any atom is 0.321 e. The van der Waals surface area contributed by atoms with E-state index in [-0.39, 0.29) is 11.9 Å². The fourth-order valence-electron chi connectivity index (χ4n) is 4.47. The van der Waals surface area contributed by atoms with Crippen LogP contribution in [0.5, 0.6) is 5.75 Å². The standard InChI is InChI=1S/C25H32N4O3/c30-24(21-7-4-8-23(19-21)32-18-11-20-5-2-1-3-6-20)28-14-16-29(17-15-28)25(31)27-22-9-12-26-13-10-22/h4,7-10,12-13,19-20H,1-3,5-6,11,14-18H2,(H,26,27,31). The van der Waals surface area contributed by atoms with Crippen LogP contribution in [0.1, 0.15) is 48.9 Å². The summed E-state index contributed by atoms with van der Waals surface area (Å²) in [6, 6.07) is 10.8. The molecule has 170 valence electrons. The minimum Gasteiger partial charge on any atom is -0.494 e. The van der Waals surface area contributed by atoms with E-state index in [2.05, 4.69) is 10.3 Å². The smallest absolute Gasteiger partial charge is 0.321 e. The second kappa shape index (κ2) is 11.0. The molecule has 0 unspecified atom stereocenters. The summed E-state index contributed by atoms with van der Waals surface area (Å²) in [4.78, 5) is 32.9. The predicted molar refractivity (Wildman–Crippen MR) is 124 cm³/mol. The third-order valence-electron chi connectivity index (χ3n) is 6.39. The molecule has 1 aromatic heterocycles. The first-order valence-electron chi connectivity index (χ1n) is 11.7. The molecule has 4 rings (SSSR count). The Balaban J connectivity index is 1.24. The van der Waals surface area contributed by atoms with Gasteiger partial charge in [-0.2, -0.15) is 0 Å². The second-order valence-corrected chi connectivity index (χ2v) is 8.61. The average molecular weight is 437 g/mol. The zero-order valence-electron chi connectivity index (χ0n) is 18.5. The molecule has 2 heterocycles. The zero-order valence-corrected chi connectivity index (χ0v) is 18.5. The molecule has 1 N–H and O–H groups in total. The normalized spacial score (nSPS) is 17.1. The van der Waals surface area contributed by atoms with Crippen LogP contribution in [0.25, 0.3) is 0 Å². The van der Waals surface area contributed by atoms with Crippen molar-refractivity contribution in [1.29, 1.82) is 0 Å². The van der Waals surface area contributed by atoms with Gasteiger partial charge in [-0.1, -0.05) is 38.2 Å². The number of amides is 3. The largest absolute Gasteiger partial charge is 0.494 e. The summed E-state index contributed by atoms with van der Waals surface area (Å²) >= 11 is 0. The van der Waals surface area contributed by atoms with E-state index in [1.807, 2.05) is 24.3 Å². The SMILES string of the molecule is O=C(Nc1ccncc1)N1CCN(C(=O)c2cccc(OCCC3CCCCC3)c2)CC1. The van der Waals surface area contributed by atoms with Gasteiger partial charge in [-0.15, -0.1) is 0 Å². The van der Waals surface area contributed by atoms with Gasteiger partial charge in [-0.25, -0.2) is 4.79 Å². The number of nitrogens with zero attached hydrogens (tertiary/aromatic N) is 3. The summed E-state index contributed by atoms with van der Waals surface area (Å²) in [6.45, 7) is 2.72. The maximum absolute atomic E-state index is 13.0. The summed E-state index contributed by atoms with van der Waals surface area (Å²) in [5, 5.41) is 2.86. The number of hydrogen-bond acceptors (Lipinski definition) is 4.